The number of halogens is 1. The lowest BCUT2D eigenvalue weighted by Gasteiger charge is -2.25. The van der Waals surface area contributed by atoms with Gasteiger partial charge >= 0.3 is 0 Å². The van der Waals surface area contributed by atoms with Crippen LogP contribution in [0, 0.1) is 0 Å². The van der Waals surface area contributed by atoms with Gasteiger partial charge in [-0.2, -0.15) is 0 Å². The lowest BCUT2D eigenvalue weighted by molar-refractivity contribution is -0.113. The first-order valence-electron chi connectivity index (χ1n) is 12.9. The Kier molecular flexibility index (Phi) is 7.17. The zero-order valence-corrected chi connectivity index (χ0v) is 23.8. The molecule has 9 heteroatoms. The molecule has 1 aliphatic rings. The third kappa shape index (κ3) is 5.15. The summed E-state index contributed by atoms with van der Waals surface area (Å²) in [7, 11) is 1.60. The van der Waals surface area contributed by atoms with Crippen LogP contribution < -0.4 is 24.9 Å². The summed E-state index contributed by atoms with van der Waals surface area (Å²) >= 11 is 7.38. The number of benzene rings is 3. The topological polar surface area (TPSA) is 77.6 Å². The van der Waals surface area contributed by atoms with Gasteiger partial charge < -0.3 is 14.6 Å². The maximum atomic E-state index is 14.0. The molecule has 0 fully saturated rings. The molecule has 0 saturated heterocycles. The van der Waals surface area contributed by atoms with Crippen molar-refractivity contribution in [3.05, 3.63) is 144 Å². The summed E-state index contributed by atoms with van der Waals surface area (Å²) < 4.78 is 9.46. The number of para-hydroxylation sites is 1. The lowest BCUT2D eigenvalue weighted by atomic mass is 9.95. The van der Waals surface area contributed by atoms with Gasteiger partial charge in [0.1, 0.15) is 5.75 Å². The van der Waals surface area contributed by atoms with Crippen LogP contribution in [-0.2, 0) is 4.79 Å². The summed E-state index contributed by atoms with van der Waals surface area (Å²) in [5.41, 5.74) is 3.92. The quantitative estimate of drug-likeness (QED) is 0.295. The Morgan fingerprint density at radius 2 is 1.73 bits per heavy atom. The van der Waals surface area contributed by atoms with Crippen LogP contribution in [0.5, 0.6) is 5.75 Å². The van der Waals surface area contributed by atoms with E-state index in [2.05, 4.69) is 5.32 Å². The Hall–Kier alpha value is -4.66. The number of fused-ring (bicyclic) bond motifs is 1. The Bertz CT molecular complexity index is 1950. The number of nitrogens with zero attached hydrogens (tertiary/aromatic N) is 3. The summed E-state index contributed by atoms with van der Waals surface area (Å²) in [6, 6.07) is 27.3. The van der Waals surface area contributed by atoms with Crippen molar-refractivity contribution in [2.75, 3.05) is 12.4 Å². The maximum Gasteiger partial charge on any atom is 0.271 e. The third-order valence-electron chi connectivity index (χ3n) is 6.89. The summed E-state index contributed by atoms with van der Waals surface area (Å²) in [5.74, 6) is 0.365. The van der Waals surface area contributed by atoms with Crippen molar-refractivity contribution in [3.63, 3.8) is 0 Å². The predicted molar refractivity (Wildman–Crippen MR) is 163 cm³/mol. The van der Waals surface area contributed by atoms with Crippen LogP contribution >= 0.6 is 22.9 Å². The highest BCUT2D eigenvalue weighted by atomic mass is 35.5. The molecule has 41 heavy (non-hydrogen) atoms. The first kappa shape index (κ1) is 26.6. The number of methoxy groups -OCH3 is 1. The van der Waals surface area contributed by atoms with Crippen LogP contribution in [0.1, 0.15) is 24.2 Å². The van der Waals surface area contributed by atoms with Crippen molar-refractivity contribution in [1.82, 2.24) is 9.13 Å². The van der Waals surface area contributed by atoms with Crippen molar-refractivity contribution in [3.8, 4) is 11.4 Å². The molecule has 5 aromatic rings. The van der Waals surface area contributed by atoms with Gasteiger partial charge in [-0.15, -0.1) is 0 Å². The molecule has 1 unspecified atom stereocenters. The van der Waals surface area contributed by atoms with E-state index in [9.17, 15) is 9.59 Å². The van der Waals surface area contributed by atoms with E-state index in [1.54, 1.807) is 18.6 Å². The fraction of sp³-hybridized carbons (Fsp3) is 0.0938. The molecule has 0 saturated carbocycles. The predicted octanol–water partition coefficient (Wildman–Crippen LogP) is 5.33. The van der Waals surface area contributed by atoms with E-state index in [0.717, 1.165) is 16.9 Å². The minimum atomic E-state index is -0.675. The van der Waals surface area contributed by atoms with Crippen LogP contribution in [0.25, 0.3) is 11.8 Å². The van der Waals surface area contributed by atoms with Crippen LogP contribution in [0.2, 0.25) is 5.02 Å². The van der Waals surface area contributed by atoms with E-state index in [1.807, 2.05) is 108 Å². The van der Waals surface area contributed by atoms with Crippen LogP contribution in [0.3, 0.4) is 0 Å². The fourth-order valence-corrected chi connectivity index (χ4v) is 6.07. The van der Waals surface area contributed by atoms with Crippen molar-refractivity contribution in [2.45, 2.75) is 13.0 Å². The van der Waals surface area contributed by atoms with Gasteiger partial charge in [0.2, 0.25) is 0 Å². The molecule has 2 aromatic heterocycles. The Morgan fingerprint density at radius 1 is 1.00 bits per heavy atom. The largest absolute Gasteiger partial charge is 0.497 e. The smallest absolute Gasteiger partial charge is 0.271 e. The van der Waals surface area contributed by atoms with Gasteiger partial charge in [-0.05, 0) is 79.2 Å². The number of aromatic nitrogens is 2. The van der Waals surface area contributed by atoms with E-state index >= 15 is 0 Å². The Labute approximate surface area is 245 Å². The van der Waals surface area contributed by atoms with E-state index < -0.39 is 6.04 Å². The second-order valence-corrected chi connectivity index (χ2v) is 10.9. The number of thiazole rings is 1. The molecule has 204 valence electrons. The first-order chi connectivity index (χ1) is 19.9. The molecule has 1 aliphatic heterocycles. The maximum absolute atomic E-state index is 14.0. The molecule has 1 N–H and O–H groups in total. The van der Waals surface area contributed by atoms with E-state index in [0.29, 0.717) is 37.1 Å². The molecular weight excluding hydrogens is 556 g/mol. The van der Waals surface area contributed by atoms with E-state index in [4.69, 9.17) is 21.3 Å². The minimum Gasteiger partial charge on any atom is -0.497 e. The number of rotatable bonds is 6. The lowest BCUT2D eigenvalue weighted by Crippen LogP contribution is -2.40. The average Bonchev–Trinajstić information content (AvgIpc) is 3.57. The number of anilines is 1. The number of amides is 1. The molecule has 3 aromatic carbocycles. The average molecular weight is 581 g/mol. The number of hydrogen-bond donors (Lipinski definition) is 1. The van der Waals surface area contributed by atoms with E-state index in [-0.39, 0.29) is 11.5 Å². The van der Waals surface area contributed by atoms with Gasteiger partial charge in [0.25, 0.3) is 11.5 Å². The molecule has 0 radical (unpaired) electrons. The summed E-state index contributed by atoms with van der Waals surface area (Å²) in [6.45, 7) is 1.80. The molecule has 0 aliphatic carbocycles. The van der Waals surface area contributed by atoms with Gasteiger partial charge in [0.15, 0.2) is 4.80 Å². The molecule has 1 atom stereocenters. The SMILES string of the molecule is COc1ccc(C2C(C(=O)Nc3ccccc3)=C(C)N=c3s/c(=C/c4cccn4-c4ccc(Cl)cc4)c(=O)n32)cc1. The highest BCUT2D eigenvalue weighted by molar-refractivity contribution is 7.07. The number of hydrogen-bond acceptors (Lipinski definition) is 5. The molecule has 0 spiro atoms. The van der Waals surface area contributed by atoms with Crippen LogP contribution in [0.15, 0.2) is 118 Å². The highest BCUT2D eigenvalue weighted by Gasteiger charge is 2.32. The van der Waals surface area contributed by atoms with Gasteiger partial charge in [0.05, 0.1) is 29.0 Å². The van der Waals surface area contributed by atoms with Crippen LogP contribution in [0.4, 0.5) is 5.69 Å². The number of nitrogens with one attached hydrogen (secondary N) is 1. The van der Waals surface area contributed by atoms with Crippen molar-refractivity contribution in [2.24, 2.45) is 4.99 Å². The normalized spacial score (nSPS) is 14.9. The Morgan fingerprint density at radius 3 is 2.44 bits per heavy atom. The van der Waals surface area contributed by atoms with E-state index in [1.165, 1.54) is 11.3 Å². The zero-order chi connectivity index (χ0) is 28.5. The standard InChI is InChI=1S/C32H25ClN4O3S/c1-20-28(30(38)35-23-7-4-3-5-8-23)29(21-10-16-26(40-2)17-11-21)37-31(39)27(41-32(37)34-20)19-25-9-6-18-36(25)24-14-12-22(33)13-15-24/h3-19,29H,1-2H3,(H,35,38)/b27-19+. The molecule has 3 heterocycles. The zero-order valence-electron chi connectivity index (χ0n) is 22.2. The van der Waals surface area contributed by atoms with Crippen molar-refractivity contribution >= 4 is 40.6 Å². The second-order valence-electron chi connectivity index (χ2n) is 9.45. The van der Waals surface area contributed by atoms with Crippen molar-refractivity contribution < 1.29 is 9.53 Å². The molecular formula is C32H25ClN4O3S. The van der Waals surface area contributed by atoms with Crippen LogP contribution in [-0.4, -0.2) is 22.2 Å². The summed E-state index contributed by atoms with van der Waals surface area (Å²) in [4.78, 5) is 33.0. The number of carbonyl (C=O) groups excluding carboxylic acids is 1. The molecule has 6 rings (SSSR count). The Balaban J connectivity index is 1.49. The molecule has 1 amide bonds. The minimum absolute atomic E-state index is 0.226. The fourth-order valence-electron chi connectivity index (χ4n) is 4.92. The van der Waals surface area contributed by atoms with Crippen molar-refractivity contribution in [1.29, 1.82) is 0 Å². The monoisotopic (exact) mass is 580 g/mol. The highest BCUT2D eigenvalue weighted by Crippen LogP contribution is 2.31. The summed E-state index contributed by atoms with van der Waals surface area (Å²) in [6.07, 6.45) is 3.79. The van der Waals surface area contributed by atoms with Gasteiger partial charge in [0, 0.05) is 28.3 Å². The van der Waals surface area contributed by atoms with Gasteiger partial charge in [-0.1, -0.05) is 53.3 Å². The number of carbonyl (C=O) groups is 1. The summed E-state index contributed by atoms with van der Waals surface area (Å²) in [5, 5.41) is 3.62. The van der Waals surface area contributed by atoms with Gasteiger partial charge in [-0.25, -0.2) is 4.99 Å². The second kappa shape index (κ2) is 11.1. The third-order valence-corrected chi connectivity index (χ3v) is 8.13. The first-order valence-corrected chi connectivity index (χ1v) is 14.1. The molecule has 0 bridgehead atoms. The number of ether oxygens (including phenoxy) is 1. The number of allylic oxidation sites excluding steroid dienone is 1. The molecule has 7 nitrogen and oxygen atoms in total. The van der Waals surface area contributed by atoms with Gasteiger partial charge in [-0.3, -0.25) is 14.2 Å².